The normalized spacial score (nSPS) is 10.7. The third-order valence-corrected chi connectivity index (χ3v) is 3.43. The first kappa shape index (κ1) is 21.8. The SMILES string of the molecule is COc1ccc(NC(N)=NCCCNc2cccc(F)c2)cc1OC.I. The van der Waals surface area contributed by atoms with Gasteiger partial charge in [0.15, 0.2) is 17.5 Å². The summed E-state index contributed by atoms with van der Waals surface area (Å²) in [6, 6.07) is 11.8. The van der Waals surface area contributed by atoms with Crippen LogP contribution in [0.1, 0.15) is 6.42 Å². The maximum atomic E-state index is 13.1. The lowest BCUT2D eigenvalue weighted by Gasteiger charge is -2.11. The number of nitrogens with one attached hydrogen (secondary N) is 2. The number of rotatable bonds is 8. The minimum atomic E-state index is -0.258. The fourth-order valence-corrected chi connectivity index (χ4v) is 2.21. The number of aliphatic imine (C=N–C) groups is 1. The van der Waals surface area contributed by atoms with Crippen molar-refractivity contribution in [2.24, 2.45) is 10.7 Å². The molecule has 0 bridgehead atoms. The molecule has 26 heavy (non-hydrogen) atoms. The number of nitrogens with zero attached hydrogens (tertiary/aromatic N) is 1. The van der Waals surface area contributed by atoms with Gasteiger partial charge in [0.1, 0.15) is 5.82 Å². The summed E-state index contributed by atoms with van der Waals surface area (Å²) in [5, 5.41) is 6.14. The maximum absolute atomic E-state index is 13.1. The van der Waals surface area contributed by atoms with E-state index in [-0.39, 0.29) is 29.8 Å². The van der Waals surface area contributed by atoms with Crippen molar-refractivity contribution in [2.75, 3.05) is 37.9 Å². The second-order valence-corrected chi connectivity index (χ2v) is 5.25. The molecule has 0 aliphatic carbocycles. The molecule has 0 atom stereocenters. The first-order chi connectivity index (χ1) is 12.1. The number of hydrogen-bond acceptors (Lipinski definition) is 4. The molecule has 0 aromatic heterocycles. The van der Waals surface area contributed by atoms with Crippen LogP contribution < -0.4 is 25.8 Å². The molecule has 6 nitrogen and oxygen atoms in total. The summed E-state index contributed by atoms with van der Waals surface area (Å²) in [5.41, 5.74) is 7.39. The van der Waals surface area contributed by atoms with Crippen molar-refractivity contribution in [2.45, 2.75) is 6.42 Å². The molecule has 0 fully saturated rings. The zero-order chi connectivity index (χ0) is 18.1. The molecular weight excluding hydrogens is 450 g/mol. The Morgan fingerprint density at radius 1 is 1.08 bits per heavy atom. The van der Waals surface area contributed by atoms with Gasteiger partial charge in [0, 0.05) is 30.5 Å². The van der Waals surface area contributed by atoms with Crippen molar-refractivity contribution in [3.63, 3.8) is 0 Å². The van der Waals surface area contributed by atoms with E-state index in [2.05, 4.69) is 15.6 Å². The summed E-state index contributed by atoms with van der Waals surface area (Å²) in [5.74, 6) is 1.32. The summed E-state index contributed by atoms with van der Waals surface area (Å²) in [4.78, 5) is 4.26. The molecule has 0 heterocycles. The van der Waals surface area contributed by atoms with Gasteiger partial charge >= 0.3 is 0 Å². The maximum Gasteiger partial charge on any atom is 0.193 e. The van der Waals surface area contributed by atoms with Crippen molar-refractivity contribution in [3.8, 4) is 11.5 Å². The van der Waals surface area contributed by atoms with Crippen molar-refractivity contribution in [1.82, 2.24) is 0 Å². The van der Waals surface area contributed by atoms with E-state index in [9.17, 15) is 4.39 Å². The molecule has 2 rings (SSSR count). The Hall–Kier alpha value is -2.23. The highest BCUT2D eigenvalue weighted by molar-refractivity contribution is 14.0. The van der Waals surface area contributed by atoms with Crippen LogP contribution in [0.2, 0.25) is 0 Å². The van der Waals surface area contributed by atoms with Gasteiger partial charge in [0.25, 0.3) is 0 Å². The van der Waals surface area contributed by atoms with Crippen molar-refractivity contribution in [3.05, 3.63) is 48.3 Å². The highest BCUT2D eigenvalue weighted by Gasteiger charge is 2.04. The van der Waals surface area contributed by atoms with E-state index in [1.807, 2.05) is 12.1 Å². The highest BCUT2D eigenvalue weighted by Crippen LogP contribution is 2.29. The first-order valence-corrected chi connectivity index (χ1v) is 7.91. The van der Waals surface area contributed by atoms with E-state index >= 15 is 0 Å². The second kappa shape index (κ2) is 11.4. The number of anilines is 2. The van der Waals surface area contributed by atoms with Crippen LogP contribution >= 0.6 is 24.0 Å². The van der Waals surface area contributed by atoms with Crippen LogP contribution in [-0.4, -0.2) is 33.3 Å². The molecule has 0 aliphatic rings. The molecular formula is C18H24FIN4O2. The molecule has 4 N–H and O–H groups in total. The highest BCUT2D eigenvalue weighted by atomic mass is 127. The number of hydrogen-bond donors (Lipinski definition) is 3. The van der Waals surface area contributed by atoms with E-state index in [4.69, 9.17) is 15.2 Å². The number of ether oxygens (including phenoxy) is 2. The number of methoxy groups -OCH3 is 2. The average Bonchev–Trinajstić information content (AvgIpc) is 2.61. The largest absolute Gasteiger partial charge is 0.493 e. The van der Waals surface area contributed by atoms with Gasteiger partial charge in [-0.05, 0) is 36.8 Å². The van der Waals surface area contributed by atoms with E-state index in [0.717, 1.165) is 17.8 Å². The second-order valence-electron chi connectivity index (χ2n) is 5.25. The topological polar surface area (TPSA) is 80.9 Å². The summed E-state index contributed by atoms with van der Waals surface area (Å²) in [6.45, 7) is 1.23. The van der Waals surface area contributed by atoms with Gasteiger partial charge in [0.2, 0.25) is 0 Å². The Kier molecular flexibility index (Phi) is 9.56. The van der Waals surface area contributed by atoms with Gasteiger partial charge in [-0.3, -0.25) is 4.99 Å². The van der Waals surface area contributed by atoms with Crippen LogP contribution in [0.25, 0.3) is 0 Å². The average molecular weight is 474 g/mol. The van der Waals surface area contributed by atoms with Gasteiger partial charge in [-0.25, -0.2) is 4.39 Å². The third-order valence-electron chi connectivity index (χ3n) is 3.43. The molecule has 0 unspecified atom stereocenters. The fraction of sp³-hybridized carbons (Fsp3) is 0.278. The smallest absolute Gasteiger partial charge is 0.193 e. The Bertz CT molecular complexity index is 728. The van der Waals surface area contributed by atoms with E-state index in [0.29, 0.717) is 30.5 Å². The lowest BCUT2D eigenvalue weighted by atomic mass is 10.3. The standard InChI is InChI=1S/C18H23FN4O2.HI/c1-24-16-8-7-15(12-17(16)25-2)23-18(20)22-10-4-9-21-14-6-3-5-13(19)11-14;/h3,5-8,11-12,21H,4,9-10H2,1-2H3,(H3,20,22,23);1H. The minimum absolute atomic E-state index is 0. The Morgan fingerprint density at radius 2 is 1.85 bits per heavy atom. The van der Waals surface area contributed by atoms with Crippen LogP contribution in [-0.2, 0) is 0 Å². The monoisotopic (exact) mass is 474 g/mol. The molecule has 0 saturated heterocycles. The molecule has 0 saturated carbocycles. The fourth-order valence-electron chi connectivity index (χ4n) is 2.21. The lowest BCUT2D eigenvalue weighted by molar-refractivity contribution is 0.355. The van der Waals surface area contributed by atoms with Gasteiger partial charge in [0.05, 0.1) is 14.2 Å². The van der Waals surface area contributed by atoms with Crippen molar-refractivity contribution < 1.29 is 13.9 Å². The Labute approximate surface area is 170 Å². The molecule has 0 amide bonds. The van der Waals surface area contributed by atoms with Crippen LogP contribution in [0.4, 0.5) is 15.8 Å². The Balaban J connectivity index is 0.00000338. The third kappa shape index (κ3) is 6.95. The van der Waals surface area contributed by atoms with Crippen LogP contribution in [0.15, 0.2) is 47.5 Å². The van der Waals surface area contributed by atoms with Gasteiger partial charge in [-0.2, -0.15) is 0 Å². The molecule has 0 radical (unpaired) electrons. The zero-order valence-corrected chi connectivity index (χ0v) is 17.1. The molecule has 0 spiro atoms. The number of nitrogens with two attached hydrogens (primary N) is 1. The summed E-state index contributed by atoms with van der Waals surface area (Å²) in [7, 11) is 3.16. The van der Waals surface area contributed by atoms with Crippen LogP contribution in [0.5, 0.6) is 11.5 Å². The minimum Gasteiger partial charge on any atom is -0.493 e. The Morgan fingerprint density at radius 3 is 2.54 bits per heavy atom. The molecule has 2 aromatic carbocycles. The first-order valence-electron chi connectivity index (χ1n) is 7.91. The number of guanidine groups is 1. The summed E-state index contributed by atoms with van der Waals surface area (Å²) in [6.07, 6.45) is 0.769. The van der Waals surface area contributed by atoms with Crippen molar-refractivity contribution >= 4 is 41.3 Å². The number of halogens is 2. The van der Waals surface area contributed by atoms with Crippen LogP contribution in [0.3, 0.4) is 0 Å². The van der Waals surface area contributed by atoms with Gasteiger partial charge in [-0.1, -0.05) is 6.07 Å². The molecule has 142 valence electrons. The predicted octanol–water partition coefficient (Wildman–Crippen LogP) is 3.69. The quantitative estimate of drug-likeness (QED) is 0.236. The van der Waals surface area contributed by atoms with Gasteiger partial charge < -0.3 is 25.8 Å². The molecule has 0 aliphatic heterocycles. The van der Waals surface area contributed by atoms with Gasteiger partial charge in [-0.15, -0.1) is 24.0 Å². The zero-order valence-electron chi connectivity index (χ0n) is 14.8. The van der Waals surface area contributed by atoms with Crippen LogP contribution in [0, 0.1) is 5.82 Å². The van der Waals surface area contributed by atoms with E-state index in [1.54, 1.807) is 32.4 Å². The number of benzene rings is 2. The predicted molar refractivity (Wildman–Crippen MR) is 115 cm³/mol. The van der Waals surface area contributed by atoms with E-state index < -0.39 is 0 Å². The lowest BCUT2D eigenvalue weighted by Crippen LogP contribution is -2.23. The molecule has 2 aromatic rings. The van der Waals surface area contributed by atoms with Crippen molar-refractivity contribution in [1.29, 1.82) is 0 Å². The summed E-state index contributed by atoms with van der Waals surface area (Å²) >= 11 is 0. The molecule has 8 heteroatoms. The summed E-state index contributed by atoms with van der Waals surface area (Å²) < 4.78 is 23.5. The van der Waals surface area contributed by atoms with E-state index in [1.165, 1.54) is 12.1 Å².